The fraction of sp³-hybridized carbons (Fsp3) is 0.429. The van der Waals surface area contributed by atoms with Crippen molar-refractivity contribution >= 4 is 17.6 Å². The first-order valence-electron chi connectivity index (χ1n) is 7.10. The molecule has 2 rings (SSSR count). The Hall–Kier alpha value is -2.32. The van der Waals surface area contributed by atoms with Crippen molar-refractivity contribution in [3.8, 4) is 5.75 Å². The molecule has 8 heteroatoms. The largest absolute Gasteiger partial charge is 0.492 e. The van der Waals surface area contributed by atoms with Gasteiger partial charge in [-0.2, -0.15) is 4.99 Å². The first-order chi connectivity index (χ1) is 10.6. The molecule has 1 aromatic carbocycles. The summed E-state index contributed by atoms with van der Waals surface area (Å²) in [4.78, 5) is 10.1. The Morgan fingerprint density at radius 2 is 2.00 bits per heavy atom. The molecule has 0 aliphatic carbocycles. The smallest absolute Gasteiger partial charge is 0.223 e. The van der Waals surface area contributed by atoms with Crippen LogP contribution >= 0.6 is 0 Å². The van der Waals surface area contributed by atoms with Crippen molar-refractivity contribution in [2.45, 2.75) is 0 Å². The normalized spacial score (nSPS) is 16.3. The second-order valence-electron chi connectivity index (χ2n) is 4.81. The predicted molar refractivity (Wildman–Crippen MR) is 86.3 cm³/mol. The second kappa shape index (κ2) is 8.20. The summed E-state index contributed by atoms with van der Waals surface area (Å²) < 4.78 is 11.0. The monoisotopic (exact) mass is 306 g/mol. The SMILES string of the molecule is NC(N)=NC(N)=Nc1cccc(OCCN2CCOCC2)c1. The van der Waals surface area contributed by atoms with E-state index in [1.807, 2.05) is 12.1 Å². The maximum absolute atomic E-state index is 5.73. The average Bonchev–Trinajstić information content (AvgIpc) is 2.48. The van der Waals surface area contributed by atoms with Crippen molar-refractivity contribution < 1.29 is 9.47 Å². The highest BCUT2D eigenvalue weighted by molar-refractivity contribution is 5.93. The molecular weight excluding hydrogens is 284 g/mol. The molecule has 0 unspecified atom stereocenters. The lowest BCUT2D eigenvalue weighted by atomic mass is 10.3. The van der Waals surface area contributed by atoms with Gasteiger partial charge in [0.2, 0.25) is 5.96 Å². The molecule has 8 nitrogen and oxygen atoms in total. The van der Waals surface area contributed by atoms with Gasteiger partial charge in [0.05, 0.1) is 18.9 Å². The number of hydrogen-bond donors (Lipinski definition) is 3. The van der Waals surface area contributed by atoms with Crippen molar-refractivity contribution in [3.63, 3.8) is 0 Å². The number of aliphatic imine (C=N–C) groups is 2. The lowest BCUT2D eigenvalue weighted by Gasteiger charge is -2.26. The molecule has 1 saturated heterocycles. The molecule has 120 valence electrons. The summed E-state index contributed by atoms with van der Waals surface area (Å²) in [6, 6.07) is 7.29. The van der Waals surface area contributed by atoms with Crippen LogP contribution in [0.2, 0.25) is 0 Å². The lowest BCUT2D eigenvalue weighted by molar-refractivity contribution is 0.0322. The van der Waals surface area contributed by atoms with Crippen LogP contribution in [0.5, 0.6) is 5.75 Å². The fourth-order valence-electron chi connectivity index (χ4n) is 2.05. The van der Waals surface area contributed by atoms with Crippen molar-refractivity contribution in [3.05, 3.63) is 24.3 Å². The molecule has 1 heterocycles. The van der Waals surface area contributed by atoms with Gasteiger partial charge in [-0.15, -0.1) is 0 Å². The molecule has 0 radical (unpaired) electrons. The minimum absolute atomic E-state index is 0.00506. The Balaban J connectivity index is 1.87. The minimum atomic E-state index is -0.126. The molecule has 0 atom stereocenters. The van der Waals surface area contributed by atoms with E-state index in [-0.39, 0.29) is 11.9 Å². The van der Waals surface area contributed by atoms with Gasteiger partial charge in [0.1, 0.15) is 12.4 Å². The van der Waals surface area contributed by atoms with Crippen LogP contribution in [0.4, 0.5) is 5.69 Å². The first-order valence-corrected chi connectivity index (χ1v) is 7.10. The summed E-state index contributed by atoms with van der Waals surface area (Å²) in [6.45, 7) is 4.94. The summed E-state index contributed by atoms with van der Waals surface area (Å²) in [6.07, 6.45) is 0. The number of ether oxygens (including phenoxy) is 2. The Bertz CT molecular complexity index is 536. The van der Waals surface area contributed by atoms with Gasteiger partial charge >= 0.3 is 0 Å². The molecule has 0 amide bonds. The van der Waals surface area contributed by atoms with E-state index in [4.69, 9.17) is 26.7 Å². The molecule has 22 heavy (non-hydrogen) atoms. The number of rotatable bonds is 5. The molecule has 1 fully saturated rings. The highest BCUT2D eigenvalue weighted by Crippen LogP contribution is 2.20. The van der Waals surface area contributed by atoms with E-state index in [2.05, 4.69) is 14.9 Å². The van der Waals surface area contributed by atoms with E-state index < -0.39 is 0 Å². The van der Waals surface area contributed by atoms with Crippen molar-refractivity contribution in [1.82, 2.24) is 4.90 Å². The van der Waals surface area contributed by atoms with Gasteiger partial charge in [-0.05, 0) is 12.1 Å². The molecular formula is C14H22N6O2. The second-order valence-corrected chi connectivity index (χ2v) is 4.81. The van der Waals surface area contributed by atoms with Crippen LogP contribution in [-0.4, -0.2) is 56.3 Å². The highest BCUT2D eigenvalue weighted by atomic mass is 16.5. The molecule has 0 spiro atoms. The quantitative estimate of drug-likeness (QED) is 0.503. The van der Waals surface area contributed by atoms with Gasteiger partial charge in [0.15, 0.2) is 5.96 Å². The maximum atomic E-state index is 5.73. The molecule has 6 N–H and O–H groups in total. The highest BCUT2D eigenvalue weighted by Gasteiger charge is 2.09. The van der Waals surface area contributed by atoms with Gasteiger partial charge < -0.3 is 26.7 Å². The number of nitrogens with two attached hydrogens (primary N) is 3. The zero-order chi connectivity index (χ0) is 15.8. The van der Waals surface area contributed by atoms with Crippen LogP contribution < -0.4 is 21.9 Å². The lowest BCUT2D eigenvalue weighted by Crippen LogP contribution is -2.38. The number of morpholine rings is 1. The van der Waals surface area contributed by atoms with Crippen LogP contribution in [0.25, 0.3) is 0 Å². The molecule has 0 saturated carbocycles. The summed E-state index contributed by atoms with van der Waals surface area (Å²) in [7, 11) is 0. The van der Waals surface area contributed by atoms with E-state index in [0.29, 0.717) is 12.3 Å². The van der Waals surface area contributed by atoms with Gasteiger partial charge in [0, 0.05) is 25.7 Å². The number of benzene rings is 1. The third kappa shape index (κ3) is 5.58. The molecule has 1 aromatic rings. The summed E-state index contributed by atoms with van der Waals surface area (Å²) in [5.74, 6) is 0.608. The van der Waals surface area contributed by atoms with Crippen LogP contribution in [0.1, 0.15) is 0 Å². The Kier molecular flexibility index (Phi) is 5.99. The van der Waals surface area contributed by atoms with Gasteiger partial charge in [0.25, 0.3) is 0 Å². The van der Waals surface area contributed by atoms with E-state index >= 15 is 0 Å². The van der Waals surface area contributed by atoms with Crippen molar-refractivity contribution in [1.29, 1.82) is 0 Å². The number of guanidine groups is 2. The summed E-state index contributed by atoms with van der Waals surface area (Å²) >= 11 is 0. The zero-order valence-corrected chi connectivity index (χ0v) is 12.4. The Labute approximate surface area is 129 Å². The summed E-state index contributed by atoms with van der Waals surface area (Å²) in [5, 5.41) is 0. The van der Waals surface area contributed by atoms with E-state index in [0.717, 1.165) is 38.6 Å². The van der Waals surface area contributed by atoms with Crippen LogP contribution in [0, 0.1) is 0 Å². The van der Waals surface area contributed by atoms with E-state index in [1.54, 1.807) is 12.1 Å². The third-order valence-corrected chi connectivity index (χ3v) is 3.08. The fourth-order valence-corrected chi connectivity index (χ4v) is 2.05. The van der Waals surface area contributed by atoms with Gasteiger partial charge in [-0.25, -0.2) is 4.99 Å². The standard InChI is InChI=1S/C14H22N6O2/c15-13(16)19-14(17)18-11-2-1-3-12(10-11)22-9-6-20-4-7-21-8-5-20/h1-3,10H,4-9H2,(H6,15,16,17,18,19). The van der Waals surface area contributed by atoms with Gasteiger partial charge in [-0.3, -0.25) is 4.90 Å². The van der Waals surface area contributed by atoms with Crippen LogP contribution in [-0.2, 0) is 4.74 Å². The minimum Gasteiger partial charge on any atom is -0.492 e. The Morgan fingerprint density at radius 3 is 2.73 bits per heavy atom. The van der Waals surface area contributed by atoms with E-state index in [9.17, 15) is 0 Å². The molecule has 1 aliphatic rings. The summed E-state index contributed by atoms with van der Waals surface area (Å²) in [5.41, 5.74) is 16.7. The molecule has 0 aromatic heterocycles. The zero-order valence-electron chi connectivity index (χ0n) is 12.4. The van der Waals surface area contributed by atoms with Crippen LogP contribution in [0.3, 0.4) is 0 Å². The van der Waals surface area contributed by atoms with Crippen LogP contribution in [0.15, 0.2) is 34.3 Å². The number of hydrogen-bond acceptors (Lipinski definition) is 4. The predicted octanol–water partition coefficient (Wildman–Crippen LogP) is -0.383. The first kappa shape index (κ1) is 16.1. The van der Waals surface area contributed by atoms with E-state index in [1.165, 1.54) is 0 Å². The molecule has 1 aliphatic heterocycles. The van der Waals surface area contributed by atoms with Crippen molar-refractivity contribution in [2.75, 3.05) is 39.5 Å². The maximum Gasteiger partial charge on any atom is 0.223 e. The molecule has 0 bridgehead atoms. The van der Waals surface area contributed by atoms with Crippen molar-refractivity contribution in [2.24, 2.45) is 27.2 Å². The topological polar surface area (TPSA) is 124 Å². The number of nitrogens with zero attached hydrogens (tertiary/aromatic N) is 3. The average molecular weight is 306 g/mol. The Morgan fingerprint density at radius 1 is 1.23 bits per heavy atom. The van der Waals surface area contributed by atoms with Gasteiger partial charge in [-0.1, -0.05) is 6.07 Å². The third-order valence-electron chi connectivity index (χ3n) is 3.08.